The van der Waals surface area contributed by atoms with Gasteiger partial charge in [-0.25, -0.2) is 4.98 Å². The number of carbonyl (C=O) groups is 1. The molecule has 0 radical (unpaired) electrons. The minimum Gasteiger partial charge on any atom is -0.497 e. The van der Waals surface area contributed by atoms with Crippen LogP contribution in [0.4, 0.5) is 5.69 Å². The minimum atomic E-state index is -0.150. The third-order valence-electron chi connectivity index (χ3n) is 5.43. The van der Waals surface area contributed by atoms with Gasteiger partial charge in [0.25, 0.3) is 5.56 Å². The molecule has 32 heavy (non-hydrogen) atoms. The summed E-state index contributed by atoms with van der Waals surface area (Å²) in [6, 6.07) is 15.4. The van der Waals surface area contributed by atoms with E-state index in [1.165, 1.54) is 6.92 Å². The largest absolute Gasteiger partial charge is 0.497 e. The van der Waals surface area contributed by atoms with Crippen LogP contribution >= 0.6 is 11.8 Å². The zero-order valence-corrected chi connectivity index (χ0v) is 18.5. The second-order valence-electron chi connectivity index (χ2n) is 7.84. The topological polar surface area (TPSA) is 99.9 Å². The van der Waals surface area contributed by atoms with Crippen LogP contribution in [0.2, 0.25) is 0 Å². The van der Waals surface area contributed by atoms with Gasteiger partial charge in [0.2, 0.25) is 5.91 Å². The van der Waals surface area contributed by atoms with E-state index in [0.29, 0.717) is 17.2 Å². The Morgan fingerprint density at radius 1 is 1.12 bits per heavy atom. The molecule has 0 bridgehead atoms. The summed E-state index contributed by atoms with van der Waals surface area (Å²) in [5.74, 6) is 1.02. The van der Waals surface area contributed by atoms with Crippen molar-refractivity contribution in [1.82, 2.24) is 15.2 Å². The summed E-state index contributed by atoms with van der Waals surface area (Å²) < 4.78 is 5.42. The first-order chi connectivity index (χ1) is 15.5. The fraction of sp³-hybridized carbons (Fsp3) is 0.208. The standard InChI is InChI=1S/C24H22N4O3S/c1-13(29)25-15-5-8-17(9-6-15)32-21-12-20(22-23(14-3-4-14)27-28-24(22)30)26-19-10-7-16(31-2)11-18(19)21/h5-12,14H,3-4H2,1-2H3,(H,25,29)(H2,27,28,30). The lowest BCUT2D eigenvalue weighted by Gasteiger charge is -2.11. The molecule has 1 fully saturated rings. The van der Waals surface area contributed by atoms with Crippen LogP contribution in [0.15, 0.2) is 63.1 Å². The van der Waals surface area contributed by atoms with Gasteiger partial charge in [0.05, 0.1) is 23.9 Å². The fourth-order valence-corrected chi connectivity index (χ4v) is 4.72. The van der Waals surface area contributed by atoms with Crippen molar-refractivity contribution in [2.45, 2.75) is 35.5 Å². The number of hydrogen-bond acceptors (Lipinski definition) is 5. The number of amides is 1. The monoisotopic (exact) mass is 446 g/mol. The van der Waals surface area contributed by atoms with E-state index in [-0.39, 0.29) is 11.5 Å². The van der Waals surface area contributed by atoms with E-state index < -0.39 is 0 Å². The maximum atomic E-state index is 12.6. The summed E-state index contributed by atoms with van der Waals surface area (Å²) in [6.45, 7) is 1.49. The van der Waals surface area contributed by atoms with Crippen LogP contribution in [0.5, 0.6) is 5.75 Å². The Hall–Kier alpha value is -3.52. The van der Waals surface area contributed by atoms with Gasteiger partial charge in [0, 0.05) is 39.4 Å². The highest BCUT2D eigenvalue weighted by Crippen LogP contribution is 2.43. The zero-order chi connectivity index (χ0) is 22.2. The van der Waals surface area contributed by atoms with E-state index in [1.807, 2.05) is 48.5 Å². The molecule has 162 valence electrons. The molecule has 3 N–H and O–H groups in total. The number of ether oxygens (including phenoxy) is 1. The molecule has 0 saturated heterocycles. The van der Waals surface area contributed by atoms with Crippen molar-refractivity contribution in [2.75, 3.05) is 12.4 Å². The molecular weight excluding hydrogens is 424 g/mol. The van der Waals surface area contributed by atoms with Gasteiger partial charge in [-0.2, -0.15) is 0 Å². The number of pyridine rings is 1. The van der Waals surface area contributed by atoms with Gasteiger partial charge in [-0.1, -0.05) is 11.8 Å². The van der Waals surface area contributed by atoms with E-state index in [2.05, 4.69) is 15.5 Å². The van der Waals surface area contributed by atoms with Crippen molar-refractivity contribution in [2.24, 2.45) is 0 Å². The molecule has 2 aromatic carbocycles. The molecule has 1 amide bonds. The molecule has 0 spiro atoms. The van der Waals surface area contributed by atoms with Gasteiger partial charge in [-0.3, -0.25) is 14.7 Å². The van der Waals surface area contributed by atoms with Crippen molar-refractivity contribution in [3.8, 4) is 17.0 Å². The number of methoxy groups -OCH3 is 1. The third-order valence-corrected chi connectivity index (χ3v) is 6.49. The van der Waals surface area contributed by atoms with Crippen LogP contribution in [0.3, 0.4) is 0 Å². The Labute approximate surface area is 188 Å². The first-order valence-corrected chi connectivity index (χ1v) is 11.2. The number of benzene rings is 2. The fourth-order valence-electron chi connectivity index (χ4n) is 3.75. The average molecular weight is 447 g/mol. The molecule has 0 aliphatic heterocycles. The van der Waals surface area contributed by atoms with Crippen molar-refractivity contribution in [3.05, 3.63) is 64.6 Å². The van der Waals surface area contributed by atoms with E-state index in [1.54, 1.807) is 18.9 Å². The Morgan fingerprint density at radius 2 is 1.91 bits per heavy atom. The number of aromatic nitrogens is 3. The number of nitrogens with zero attached hydrogens (tertiary/aromatic N) is 1. The molecule has 4 aromatic rings. The minimum absolute atomic E-state index is 0.106. The number of nitrogens with one attached hydrogen (secondary N) is 3. The lowest BCUT2D eigenvalue weighted by molar-refractivity contribution is -0.114. The molecule has 0 atom stereocenters. The molecule has 5 rings (SSSR count). The molecule has 7 nitrogen and oxygen atoms in total. The zero-order valence-electron chi connectivity index (χ0n) is 17.7. The third kappa shape index (κ3) is 4.01. The molecule has 1 aliphatic carbocycles. The normalized spacial score (nSPS) is 13.3. The maximum absolute atomic E-state index is 12.6. The van der Waals surface area contributed by atoms with Gasteiger partial charge in [-0.15, -0.1) is 0 Å². The Morgan fingerprint density at radius 3 is 2.59 bits per heavy atom. The highest BCUT2D eigenvalue weighted by atomic mass is 32.2. The van der Waals surface area contributed by atoms with E-state index >= 15 is 0 Å². The predicted octanol–water partition coefficient (Wildman–Crippen LogP) is 4.91. The van der Waals surface area contributed by atoms with Crippen LogP contribution in [-0.2, 0) is 4.79 Å². The number of hydrogen-bond donors (Lipinski definition) is 3. The lowest BCUT2D eigenvalue weighted by atomic mass is 10.1. The molecular formula is C24H22N4O3S. The number of H-pyrrole nitrogens is 2. The lowest BCUT2D eigenvalue weighted by Crippen LogP contribution is -2.05. The van der Waals surface area contributed by atoms with Crippen molar-refractivity contribution < 1.29 is 9.53 Å². The molecule has 2 aromatic heterocycles. The van der Waals surface area contributed by atoms with Gasteiger partial charge >= 0.3 is 0 Å². The van der Waals surface area contributed by atoms with Gasteiger partial charge in [-0.05, 0) is 61.4 Å². The molecule has 1 aliphatic rings. The Kier molecular flexibility index (Phi) is 5.22. The second kappa shape index (κ2) is 8.20. The summed E-state index contributed by atoms with van der Waals surface area (Å²) in [7, 11) is 1.64. The molecule has 2 heterocycles. The summed E-state index contributed by atoms with van der Waals surface area (Å²) in [5.41, 5.74) is 3.60. The van der Waals surface area contributed by atoms with Crippen LogP contribution in [0.1, 0.15) is 31.4 Å². The smallest absolute Gasteiger partial charge is 0.273 e. The number of rotatable bonds is 6. The Balaban J connectivity index is 1.60. The number of anilines is 1. The first-order valence-electron chi connectivity index (χ1n) is 10.4. The quantitative estimate of drug-likeness (QED) is 0.391. The summed E-state index contributed by atoms with van der Waals surface area (Å²) in [5, 5.41) is 9.51. The molecule has 1 saturated carbocycles. The Bertz CT molecular complexity index is 1370. The van der Waals surface area contributed by atoms with Crippen molar-refractivity contribution in [1.29, 1.82) is 0 Å². The van der Waals surface area contributed by atoms with E-state index in [0.717, 1.165) is 50.7 Å². The number of carbonyl (C=O) groups excluding carboxylic acids is 1. The maximum Gasteiger partial charge on any atom is 0.273 e. The van der Waals surface area contributed by atoms with E-state index in [9.17, 15) is 9.59 Å². The molecule has 8 heteroatoms. The van der Waals surface area contributed by atoms with Crippen molar-refractivity contribution >= 4 is 34.3 Å². The van der Waals surface area contributed by atoms with Gasteiger partial charge in [0.15, 0.2) is 0 Å². The van der Waals surface area contributed by atoms with Crippen molar-refractivity contribution in [3.63, 3.8) is 0 Å². The van der Waals surface area contributed by atoms with Crippen LogP contribution in [-0.4, -0.2) is 28.2 Å². The highest BCUT2D eigenvalue weighted by molar-refractivity contribution is 7.99. The van der Waals surface area contributed by atoms with Gasteiger partial charge in [0.1, 0.15) is 5.75 Å². The van der Waals surface area contributed by atoms with Crippen LogP contribution in [0, 0.1) is 0 Å². The highest BCUT2D eigenvalue weighted by Gasteiger charge is 2.30. The van der Waals surface area contributed by atoms with Crippen LogP contribution in [0.25, 0.3) is 22.2 Å². The average Bonchev–Trinajstić information content (AvgIpc) is 3.56. The number of aromatic amines is 2. The first kappa shape index (κ1) is 20.4. The summed E-state index contributed by atoms with van der Waals surface area (Å²) in [4.78, 5) is 30.7. The number of fused-ring (bicyclic) bond motifs is 1. The van der Waals surface area contributed by atoms with Gasteiger partial charge < -0.3 is 15.2 Å². The SMILES string of the molecule is COc1ccc2nc(-c3c(C4CC4)[nH][nH]c3=O)cc(Sc3ccc(NC(C)=O)cc3)c2c1. The van der Waals surface area contributed by atoms with E-state index in [4.69, 9.17) is 9.72 Å². The summed E-state index contributed by atoms with van der Waals surface area (Å²) >= 11 is 1.58. The van der Waals surface area contributed by atoms with Crippen LogP contribution < -0.4 is 15.6 Å². The summed E-state index contributed by atoms with van der Waals surface area (Å²) in [6.07, 6.45) is 2.15. The second-order valence-corrected chi connectivity index (χ2v) is 8.95. The molecule has 0 unspecified atom stereocenters. The predicted molar refractivity (Wildman–Crippen MR) is 126 cm³/mol.